The molecule has 1 aromatic rings. The molecule has 2 N–H and O–H groups in total. The summed E-state index contributed by atoms with van der Waals surface area (Å²) in [7, 11) is 0. The Morgan fingerprint density at radius 3 is 2.69 bits per heavy atom. The van der Waals surface area contributed by atoms with Crippen LogP contribution in [0, 0.1) is 19.8 Å². The van der Waals surface area contributed by atoms with Crippen LogP contribution in [0.4, 0.5) is 0 Å². The monoisotopic (exact) mass is 179 g/mol. The first-order valence-electron chi connectivity index (χ1n) is 4.85. The molecule has 13 heavy (non-hydrogen) atoms. The Morgan fingerprint density at radius 2 is 2.31 bits per heavy atom. The first-order chi connectivity index (χ1) is 6.08. The van der Waals surface area contributed by atoms with E-state index in [-0.39, 0.29) is 0 Å². The zero-order valence-corrected chi connectivity index (χ0v) is 8.55. The van der Waals surface area contributed by atoms with Crippen molar-refractivity contribution in [1.82, 2.24) is 0 Å². The van der Waals surface area contributed by atoms with Crippen molar-refractivity contribution in [2.24, 2.45) is 11.7 Å². The van der Waals surface area contributed by atoms with Crippen LogP contribution < -0.4 is 5.73 Å². The summed E-state index contributed by atoms with van der Waals surface area (Å²) in [5.74, 6) is 2.73. The fraction of sp³-hybridized carbons (Fsp3) is 0.636. The minimum absolute atomic E-state index is 0.302. The van der Waals surface area contributed by atoms with E-state index in [9.17, 15) is 0 Å². The molecule has 0 aromatic carbocycles. The van der Waals surface area contributed by atoms with E-state index < -0.39 is 0 Å². The van der Waals surface area contributed by atoms with Crippen LogP contribution in [-0.2, 0) is 5.41 Å². The van der Waals surface area contributed by atoms with Crippen LogP contribution in [0.25, 0.3) is 0 Å². The van der Waals surface area contributed by atoms with Crippen LogP contribution in [0.15, 0.2) is 10.5 Å². The van der Waals surface area contributed by atoms with Crippen LogP contribution in [0.5, 0.6) is 0 Å². The quantitative estimate of drug-likeness (QED) is 0.755. The molecule has 72 valence electrons. The normalized spacial score (nSPS) is 32.2. The molecule has 0 radical (unpaired) electrons. The fourth-order valence-corrected chi connectivity index (χ4v) is 2.32. The van der Waals surface area contributed by atoms with Crippen molar-refractivity contribution in [3.63, 3.8) is 0 Å². The first kappa shape index (κ1) is 8.82. The average molecular weight is 179 g/mol. The lowest BCUT2D eigenvalue weighted by Crippen LogP contribution is -2.11. The molecule has 1 aromatic heterocycles. The zero-order chi connectivity index (χ0) is 9.64. The molecule has 2 nitrogen and oxygen atoms in total. The molecule has 0 aliphatic heterocycles. The van der Waals surface area contributed by atoms with Gasteiger partial charge in [-0.2, -0.15) is 0 Å². The van der Waals surface area contributed by atoms with Gasteiger partial charge in [-0.15, -0.1) is 0 Å². The van der Waals surface area contributed by atoms with Crippen LogP contribution in [0.1, 0.15) is 30.4 Å². The van der Waals surface area contributed by atoms with Crippen molar-refractivity contribution >= 4 is 0 Å². The van der Waals surface area contributed by atoms with Crippen LogP contribution in [-0.4, -0.2) is 6.54 Å². The maximum atomic E-state index is 5.67. The Hall–Kier alpha value is -0.760. The molecule has 0 bridgehead atoms. The Bertz CT molecular complexity index is 329. The fourth-order valence-electron chi connectivity index (χ4n) is 2.32. The Kier molecular flexibility index (Phi) is 1.77. The second-order valence-electron chi connectivity index (χ2n) is 4.38. The first-order valence-corrected chi connectivity index (χ1v) is 4.85. The average Bonchev–Trinajstić information content (AvgIpc) is 2.61. The summed E-state index contributed by atoms with van der Waals surface area (Å²) >= 11 is 0. The predicted octanol–water partition coefficient (Wildman–Crippen LogP) is 2.13. The van der Waals surface area contributed by atoms with Gasteiger partial charge in [0.25, 0.3) is 0 Å². The lowest BCUT2D eigenvalue weighted by atomic mass is 9.96. The van der Waals surface area contributed by atoms with Crippen molar-refractivity contribution in [2.45, 2.75) is 32.6 Å². The maximum absolute atomic E-state index is 5.67. The Morgan fingerprint density at radius 1 is 1.62 bits per heavy atom. The highest BCUT2D eigenvalue weighted by molar-refractivity contribution is 5.36. The van der Waals surface area contributed by atoms with Gasteiger partial charge in [0.15, 0.2) is 0 Å². The summed E-state index contributed by atoms with van der Waals surface area (Å²) in [6.07, 6.45) is 1.21. The van der Waals surface area contributed by atoms with Gasteiger partial charge >= 0.3 is 0 Å². The van der Waals surface area contributed by atoms with Gasteiger partial charge in [0, 0.05) is 5.41 Å². The molecule has 0 saturated heterocycles. The summed E-state index contributed by atoms with van der Waals surface area (Å²) < 4.78 is 5.53. The number of nitrogens with two attached hydrogens (primary N) is 1. The van der Waals surface area contributed by atoms with E-state index in [1.807, 2.05) is 13.8 Å². The van der Waals surface area contributed by atoms with Crippen molar-refractivity contribution in [2.75, 3.05) is 6.54 Å². The summed E-state index contributed by atoms with van der Waals surface area (Å²) in [4.78, 5) is 0. The van der Waals surface area contributed by atoms with Gasteiger partial charge in [-0.25, -0.2) is 0 Å². The van der Waals surface area contributed by atoms with Crippen molar-refractivity contribution in [1.29, 1.82) is 0 Å². The number of furan rings is 1. The summed E-state index contributed by atoms with van der Waals surface area (Å²) in [5, 5.41) is 0. The van der Waals surface area contributed by atoms with Crippen LogP contribution in [0.2, 0.25) is 0 Å². The molecule has 0 amide bonds. The number of hydrogen-bond acceptors (Lipinski definition) is 2. The Labute approximate surface area is 79.1 Å². The molecule has 1 saturated carbocycles. The predicted molar refractivity (Wildman–Crippen MR) is 52.7 cm³/mol. The van der Waals surface area contributed by atoms with Crippen molar-refractivity contribution in [3.8, 4) is 0 Å². The molecule has 2 unspecified atom stereocenters. The highest BCUT2D eigenvalue weighted by Crippen LogP contribution is 2.54. The molecular weight excluding hydrogens is 162 g/mol. The van der Waals surface area contributed by atoms with E-state index in [1.165, 1.54) is 12.0 Å². The molecule has 1 aliphatic rings. The molecule has 0 spiro atoms. The van der Waals surface area contributed by atoms with E-state index in [1.54, 1.807) is 0 Å². The van der Waals surface area contributed by atoms with Gasteiger partial charge < -0.3 is 10.2 Å². The molecule has 2 atom stereocenters. The number of hydrogen-bond donors (Lipinski definition) is 1. The van der Waals surface area contributed by atoms with Crippen LogP contribution >= 0.6 is 0 Å². The summed E-state index contributed by atoms with van der Waals surface area (Å²) in [6.45, 7) is 7.11. The van der Waals surface area contributed by atoms with E-state index in [0.29, 0.717) is 11.3 Å². The SMILES string of the molecule is Cc1cc(C2(C)CC2CN)c(C)o1. The molecule has 1 heterocycles. The van der Waals surface area contributed by atoms with Gasteiger partial charge in [-0.1, -0.05) is 6.92 Å². The van der Waals surface area contributed by atoms with E-state index in [0.717, 1.165) is 18.1 Å². The van der Waals surface area contributed by atoms with Crippen LogP contribution in [0.3, 0.4) is 0 Å². The van der Waals surface area contributed by atoms with Gasteiger partial charge in [0.1, 0.15) is 11.5 Å². The van der Waals surface area contributed by atoms with Gasteiger partial charge in [-0.3, -0.25) is 0 Å². The van der Waals surface area contributed by atoms with Gasteiger partial charge in [0.05, 0.1) is 0 Å². The molecule has 2 heteroatoms. The Balaban J connectivity index is 2.32. The van der Waals surface area contributed by atoms with Crippen molar-refractivity contribution in [3.05, 3.63) is 23.2 Å². The molecule has 2 rings (SSSR count). The minimum atomic E-state index is 0.302. The lowest BCUT2D eigenvalue weighted by Gasteiger charge is -2.08. The highest BCUT2D eigenvalue weighted by Gasteiger charge is 2.51. The molecule has 1 fully saturated rings. The third-order valence-electron chi connectivity index (χ3n) is 3.35. The molecule has 1 aliphatic carbocycles. The second-order valence-corrected chi connectivity index (χ2v) is 4.38. The van der Waals surface area contributed by atoms with Crippen molar-refractivity contribution < 1.29 is 4.42 Å². The summed E-state index contributed by atoms with van der Waals surface area (Å²) in [6, 6.07) is 2.16. The van der Waals surface area contributed by atoms with E-state index >= 15 is 0 Å². The summed E-state index contributed by atoms with van der Waals surface area (Å²) in [5.41, 5.74) is 7.34. The topological polar surface area (TPSA) is 39.2 Å². The van der Waals surface area contributed by atoms with E-state index in [2.05, 4.69) is 13.0 Å². The number of rotatable bonds is 2. The standard InChI is InChI=1S/C11H17NO/c1-7-4-10(8(2)13-7)11(3)5-9(11)6-12/h4,9H,5-6,12H2,1-3H3. The highest BCUT2D eigenvalue weighted by atomic mass is 16.3. The number of aryl methyl sites for hydroxylation is 2. The smallest absolute Gasteiger partial charge is 0.104 e. The molecular formula is C11H17NO. The third-order valence-corrected chi connectivity index (χ3v) is 3.35. The van der Waals surface area contributed by atoms with Gasteiger partial charge in [-0.05, 0) is 44.4 Å². The zero-order valence-electron chi connectivity index (χ0n) is 8.55. The third kappa shape index (κ3) is 1.20. The lowest BCUT2D eigenvalue weighted by molar-refractivity contribution is 0.495. The minimum Gasteiger partial charge on any atom is -0.466 e. The van der Waals surface area contributed by atoms with Gasteiger partial charge in [0.2, 0.25) is 0 Å². The largest absolute Gasteiger partial charge is 0.466 e. The maximum Gasteiger partial charge on any atom is 0.104 e. The second kappa shape index (κ2) is 2.61. The van der Waals surface area contributed by atoms with E-state index in [4.69, 9.17) is 10.2 Å².